The van der Waals surface area contributed by atoms with E-state index >= 15 is 0 Å². The predicted molar refractivity (Wildman–Crippen MR) is 65.3 cm³/mol. The smallest absolute Gasteiger partial charge is 0.242 e. The van der Waals surface area contributed by atoms with E-state index in [0.29, 0.717) is 5.02 Å². The summed E-state index contributed by atoms with van der Waals surface area (Å²) in [6, 6.07) is 3.85. The molecule has 16 heavy (non-hydrogen) atoms. The second-order valence-electron chi connectivity index (χ2n) is 3.33. The fraction of sp³-hybridized carbons (Fsp3) is 0.333. The minimum atomic E-state index is -3.64. The quantitative estimate of drug-likeness (QED) is 0.882. The van der Waals surface area contributed by atoms with Crippen LogP contribution in [-0.2, 0) is 10.0 Å². The lowest BCUT2D eigenvalue weighted by Crippen LogP contribution is -2.37. The van der Waals surface area contributed by atoms with Gasteiger partial charge in [0.05, 0.1) is 5.02 Å². The zero-order valence-corrected chi connectivity index (χ0v) is 10.9. The van der Waals surface area contributed by atoms with Crippen molar-refractivity contribution in [2.24, 2.45) is 5.73 Å². The van der Waals surface area contributed by atoms with Crippen LogP contribution in [0.1, 0.15) is 6.92 Å². The number of rotatable bonds is 4. The first kappa shape index (κ1) is 13.7. The standard InChI is InChI=1S/C9H12Cl2N2O2S/c1-6(5-12)13-16(14,15)9-3-2-7(10)4-8(9)11/h2-4,6,13H,5,12H2,1H3/t6-/m0/s1. The summed E-state index contributed by atoms with van der Waals surface area (Å²) in [6.45, 7) is 1.88. The van der Waals surface area contributed by atoms with Gasteiger partial charge in [0.1, 0.15) is 4.90 Å². The molecule has 0 saturated heterocycles. The fourth-order valence-corrected chi connectivity index (χ4v) is 3.10. The normalized spacial score (nSPS) is 13.8. The Morgan fingerprint density at radius 3 is 2.56 bits per heavy atom. The Labute approximate surface area is 105 Å². The minimum Gasteiger partial charge on any atom is -0.329 e. The van der Waals surface area contributed by atoms with Crippen LogP contribution in [0.4, 0.5) is 0 Å². The molecule has 7 heteroatoms. The van der Waals surface area contributed by atoms with Gasteiger partial charge in [0.2, 0.25) is 10.0 Å². The number of halogens is 2. The Bertz CT molecular complexity index is 476. The number of sulfonamides is 1. The molecule has 1 atom stereocenters. The van der Waals surface area contributed by atoms with E-state index in [4.69, 9.17) is 28.9 Å². The first-order valence-electron chi connectivity index (χ1n) is 4.54. The fourth-order valence-electron chi connectivity index (χ4n) is 1.07. The van der Waals surface area contributed by atoms with E-state index in [-0.39, 0.29) is 22.5 Å². The minimum absolute atomic E-state index is 0.00105. The summed E-state index contributed by atoms with van der Waals surface area (Å²) < 4.78 is 26.1. The van der Waals surface area contributed by atoms with Crippen molar-refractivity contribution in [3.05, 3.63) is 28.2 Å². The van der Waals surface area contributed by atoms with Gasteiger partial charge in [0, 0.05) is 17.6 Å². The van der Waals surface area contributed by atoms with Crippen LogP contribution in [0, 0.1) is 0 Å². The van der Waals surface area contributed by atoms with Crippen LogP contribution >= 0.6 is 23.2 Å². The lowest BCUT2D eigenvalue weighted by atomic mass is 10.4. The monoisotopic (exact) mass is 282 g/mol. The number of nitrogens with one attached hydrogen (secondary N) is 1. The Morgan fingerprint density at radius 2 is 2.06 bits per heavy atom. The molecule has 0 fully saturated rings. The van der Waals surface area contributed by atoms with Crippen molar-refractivity contribution in [3.63, 3.8) is 0 Å². The third-order valence-corrected chi connectivity index (χ3v) is 4.20. The van der Waals surface area contributed by atoms with E-state index in [0.717, 1.165) is 0 Å². The van der Waals surface area contributed by atoms with Crippen molar-refractivity contribution < 1.29 is 8.42 Å². The third kappa shape index (κ3) is 3.33. The van der Waals surface area contributed by atoms with Crippen LogP contribution in [0.2, 0.25) is 10.0 Å². The summed E-state index contributed by atoms with van der Waals surface area (Å²) in [5, 5.41) is 0.472. The second-order valence-corrected chi connectivity index (χ2v) is 5.86. The second kappa shape index (κ2) is 5.33. The molecule has 1 rings (SSSR count). The SMILES string of the molecule is C[C@@H](CN)NS(=O)(=O)c1ccc(Cl)cc1Cl. The highest BCUT2D eigenvalue weighted by molar-refractivity contribution is 7.89. The Morgan fingerprint density at radius 1 is 1.44 bits per heavy atom. The lowest BCUT2D eigenvalue weighted by Gasteiger charge is -2.12. The van der Waals surface area contributed by atoms with E-state index in [1.54, 1.807) is 6.92 Å². The molecule has 1 aromatic rings. The van der Waals surface area contributed by atoms with E-state index < -0.39 is 10.0 Å². The van der Waals surface area contributed by atoms with Crippen LogP contribution in [-0.4, -0.2) is 21.0 Å². The zero-order valence-electron chi connectivity index (χ0n) is 8.57. The maximum Gasteiger partial charge on any atom is 0.242 e. The zero-order chi connectivity index (χ0) is 12.3. The van der Waals surface area contributed by atoms with Gasteiger partial charge in [0.15, 0.2) is 0 Å². The molecule has 0 heterocycles. The van der Waals surface area contributed by atoms with Gasteiger partial charge in [-0.3, -0.25) is 0 Å². The van der Waals surface area contributed by atoms with Crippen LogP contribution in [0.5, 0.6) is 0 Å². The molecule has 0 aromatic heterocycles. The van der Waals surface area contributed by atoms with Crippen molar-refractivity contribution in [2.45, 2.75) is 17.9 Å². The Balaban J connectivity index is 3.08. The summed E-state index contributed by atoms with van der Waals surface area (Å²) in [7, 11) is -3.64. The van der Waals surface area contributed by atoms with Gasteiger partial charge in [0.25, 0.3) is 0 Å². The van der Waals surface area contributed by atoms with Gasteiger partial charge in [-0.1, -0.05) is 23.2 Å². The molecular formula is C9H12Cl2N2O2S. The first-order valence-corrected chi connectivity index (χ1v) is 6.78. The lowest BCUT2D eigenvalue weighted by molar-refractivity contribution is 0.563. The molecule has 0 radical (unpaired) electrons. The molecule has 0 aliphatic rings. The molecule has 0 aliphatic carbocycles. The molecule has 0 bridgehead atoms. The summed E-state index contributed by atoms with van der Waals surface area (Å²) in [6.07, 6.45) is 0. The maximum absolute atomic E-state index is 11.8. The Kier molecular flexibility index (Phi) is 4.58. The van der Waals surface area contributed by atoms with Crippen LogP contribution in [0.25, 0.3) is 0 Å². The average Bonchev–Trinajstić information content (AvgIpc) is 2.16. The van der Waals surface area contributed by atoms with E-state index in [1.807, 2.05) is 0 Å². The molecular weight excluding hydrogens is 271 g/mol. The number of hydrogen-bond acceptors (Lipinski definition) is 3. The van der Waals surface area contributed by atoms with Crippen LogP contribution in [0.15, 0.2) is 23.1 Å². The highest BCUT2D eigenvalue weighted by Gasteiger charge is 2.19. The molecule has 0 spiro atoms. The van der Waals surface area contributed by atoms with Crippen molar-refractivity contribution in [3.8, 4) is 0 Å². The molecule has 3 N–H and O–H groups in total. The topological polar surface area (TPSA) is 72.2 Å². The van der Waals surface area contributed by atoms with E-state index in [1.165, 1.54) is 18.2 Å². The van der Waals surface area contributed by atoms with Gasteiger partial charge in [-0.25, -0.2) is 13.1 Å². The number of benzene rings is 1. The highest BCUT2D eigenvalue weighted by Crippen LogP contribution is 2.24. The molecule has 90 valence electrons. The summed E-state index contributed by atoms with van der Waals surface area (Å²) in [4.78, 5) is -0.00105. The number of nitrogens with two attached hydrogens (primary N) is 1. The van der Waals surface area contributed by atoms with Gasteiger partial charge in [-0.15, -0.1) is 0 Å². The Hall–Kier alpha value is -0.330. The van der Waals surface area contributed by atoms with Gasteiger partial charge >= 0.3 is 0 Å². The molecule has 0 unspecified atom stereocenters. The summed E-state index contributed by atoms with van der Waals surface area (Å²) >= 11 is 11.5. The highest BCUT2D eigenvalue weighted by atomic mass is 35.5. The van der Waals surface area contributed by atoms with Crippen molar-refractivity contribution in [1.82, 2.24) is 4.72 Å². The van der Waals surface area contributed by atoms with Crippen LogP contribution < -0.4 is 10.5 Å². The number of hydrogen-bond donors (Lipinski definition) is 2. The van der Waals surface area contributed by atoms with Gasteiger partial charge in [-0.05, 0) is 25.1 Å². The molecule has 1 aromatic carbocycles. The van der Waals surface area contributed by atoms with Gasteiger partial charge in [-0.2, -0.15) is 0 Å². The van der Waals surface area contributed by atoms with E-state index in [9.17, 15) is 8.42 Å². The van der Waals surface area contributed by atoms with Gasteiger partial charge < -0.3 is 5.73 Å². The predicted octanol–water partition coefficient (Wildman–Crippen LogP) is 1.62. The third-order valence-electron chi connectivity index (χ3n) is 1.89. The van der Waals surface area contributed by atoms with E-state index in [2.05, 4.69) is 4.72 Å². The first-order chi connectivity index (χ1) is 7.36. The summed E-state index contributed by atoms with van der Waals surface area (Å²) in [5.74, 6) is 0. The summed E-state index contributed by atoms with van der Waals surface area (Å²) in [5.41, 5.74) is 5.34. The molecule has 0 saturated carbocycles. The van der Waals surface area contributed by atoms with Crippen molar-refractivity contribution in [2.75, 3.05) is 6.54 Å². The molecule has 0 amide bonds. The van der Waals surface area contributed by atoms with Crippen molar-refractivity contribution >= 4 is 33.2 Å². The largest absolute Gasteiger partial charge is 0.329 e. The molecule has 0 aliphatic heterocycles. The molecule has 4 nitrogen and oxygen atoms in total. The maximum atomic E-state index is 11.8. The van der Waals surface area contributed by atoms with Crippen molar-refractivity contribution in [1.29, 1.82) is 0 Å². The average molecular weight is 283 g/mol. The van der Waals surface area contributed by atoms with Crippen LogP contribution in [0.3, 0.4) is 0 Å².